The standard InChI is InChI=1S/C13H15Cl2N3O/c1-19-5-3-16-9-12-2-4-18(17-12)13-7-10(14)6-11(15)8-13/h2,4,6-8,16H,3,5,9H2,1H3. The minimum atomic E-state index is 0.595. The van der Waals surface area contributed by atoms with Gasteiger partial charge in [-0.3, -0.25) is 0 Å². The summed E-state index contributed by atoms with van der Waals surface area (Å²) in [6, 6.07) is 7.29. The van der Waals surface area contributed by atoms with Gasteiger partial charge in [0.15, 0.2) is 0 Å². The summed E-state index contributed by atoms with van der Waals surface area (Å²) in [5.74, 6) is 0. The molecule has 6 heteroatoms. The van der Waals surface area contributed by atoms with Crippen LogP contribution in [0.2, 0.25) is 10.0 Å². The Morgan fingerprint density at radius 2 is 2.00 bits per heavy atom. The zero-order chi connectivity index (χ0) is 13.7. The van der Waals surface area contributed by atoms with E-state index in [1.54, 1.807) is 17.9 Å². The van der Waals surface area contributed by atoms with E-state index in [9.17, 15) is 0 Å². The molecule has 0 aliphatic heterocycles. The van der Waals surface area contributed by atoms with E-state index in [-0.39, 0.29) is 0 Å². The third-order valence-corrected chi connectivity index (χ3v) is 2.98. The molecule has 4 nitrogen and oxygen atoms in total. The van der Waals surface area contributed by atoms with Crippen LogP contribution in [0.1, 0.15) is 5.69 Å². The Hall–Kier alpha value is -1.07. The van der Waals surface area contributed by atoms with Crippen LogP contribution in [-0.2, 0) is 11.3 Å². The summed E-state index contributed by atoms with van der Waals surface area (Å²) >= 11 is 11.9. The molecule has 0 bridgehead atoms. The maximum Gasteiger partial charge on any atom is 0.0766 e. The quantitative estimate of drug-likeness (QED) is 0.834. The van der Waals surface area contributed by atoms with Crippen LogP contribution in [0, 0.1) is 0 Å². The van der Waals surface area contributed by atoms with Crippen molar-refractivity contribution in [3.63, 3.8) is 0 Å². The molecule has 0 saturated carbocycles. The lowest BCUT2D eigenvalue weighted by molar-refractivity contribution is 0.199. The molecule has 0 atom stereocenters. The molecule has 1 N–H and O–H groups in total. The predicted molar refractivity (Wildman–Crippen MR) is 77.2 cm³/mol. The van der Waals surface area contributed by atoms with Crippen LogP contribution in [0.25, 0.3) is 5.69 Å². The molecule has 1 aromatic carbocycles. The fourth-order valence-corrected chi connectivity index (χ4v) is 2.18. The molecular weight excluding hydrogens is 285 g/mol. The molecule has 0 spiro atoms. The van der Waals surface area contributed by atoms with Crippen molar-refractivity contribution in [1.82, 2.24) is 15.1 Å². The zero-order valence-corrected chi connectivity index (χ0v) is 12.1. The molecule has 2 rings (SSSR count). The number of halogens is 2. The second-order valence-corrected chi connectivity index (χ2v) is 4.92. The lowest BCUT2D eigenvalue weighted by Crippen LogP contribution is -2.18. The van der Waals surface area contributed by atoms with Gasteiger partial charge in [0.1, 0.15) is 0 Å². The molecule has 102 valence electrons. The number of nitrogens with one attached hydrogen (secondary N) is 1. The van der Waals surface area contributed by atoms with Gasteiger partial charge in [-0.2, -0.15) is 5.10 Å². The zero-order valence-electron chi connectivity index (χ0n) is 10.6. The van der Waals surface area contributed by atoms with Gasteiger partial charge in [0, 0.05) is 36.4 Å². The smallest absolute Gasteiger partial charge is 0.0766 e. The molecule has 19 heavy (non-hydrogen) atoms. The molecule has 1 heterocycles. The number of hydrogen-bond acceptors (Lipinski definition) is 3. The molecule has 1 aromatic heterocycles. The predicted octanol–water partition coefficient (Wildman–Crippen LogP) is 2.92. The summed E-state index contributed by atoms with van der Waals surface area (Å²) in [4.78, 5) is 0. The normalized spacial score (nSPS) is 10.9. The number of benzene rings is 1. The fourth-order valence-electron chi connectivity index (χ4n) is 1.66. The van der Waals surface area contributed by atoms with E-state index in [1.165, 1.54) is 0 Å². The van der Waals surface area contributed by atoms with Crippen LogP contribution in [0.4, 0.5) is 0 Å². The molecule has 0 unspecified atom stereocenters. The van der Waals surface area contributed by atoms with Crippen molar-refractivity contribution in [1.29, 1.82) is 0 Å². The fraction of sp³-hybridized carbons (Fsp3) is 0.308. The van der Waals surface area contributed by atoms with Gasteiger partial charge >= 0.3 is 0 Å². The Labute approximate surface area is 122 Å². The maximum absolute atomic E-state index is 5.97. The van der Waals surface area contributed by atoms with Crippen LogP contribution in [0.5, 0.6) is 0 Å². The van der Waals surface area contributed by atoms with E-state index in [0.717, 1.165) is 17.9 Å². The van der Waals surface area contributed by atoms with E-state index in [1.807, 2.05) is 24.4 Å². The molecule has 0 saturated heterocycles. The van der Waals surface area contributed by atoms with Gasteiger partial charge in [0.05, 0.1) is 18.0 Å². The van der Waals surface area contributed by atoms with Crippen molar-refractivity contribution >= 4 is 23.2 Å². The first-order chi connectivity index (χ1) is 9.19. The summed E-state index contributed by atoms with van der Waals surface area (Å²) in [5, 5.41) is 8.88. The topological polar surface area (TPSA) is 39.1 Å². The molecule has 0 aliphatic rings. The first-order valence-corrected chi connectivity index (χ1v) is 6.65. The third kappa shape index (κ3) is 4.21. The highest BCUT2D eigenvalue weighted by atomic mass is 35.5. The van der Waals surface area contributed by atoms with Crippen molar-refractivity contribution in [2.24, 2.45) is 0 Å². The number of methoxy groups -OCH3 is 1. The number of hydrogen-bond donors (Lipinski definition) is 1. The molecule has 2 aromatic rings. The van der Waals surface area contributed by atoms with Gasteiger partial charge in [-0.15, -0.1) is 0 Å². The van der Waals surface area contributed by atoms with Gasteiger partial charge < -0.3 is 10.1 Å². The monoisotopic (exact) mass is 299 g/mol. The van der Waals surface area contributed by atoms with E-state index in [2.05, 4.69) is 10.4 Å². The van der Waals surface area contributed by atoms with Gasteiger partial charge in [0.2, 0.25) is 0 Å². The van der Waals surface area contributed by atoms with Gasteiger partial charge in [-0.25, -0.2) is 4.68 Å². The van der Waals surface area contributed by atoms with Crippen molar-refractivity contribution in [2.45, 2.75) is 6.54 Å². The summed E-state index contributed by atoms with van der Waals surface area (Å²) in [7, 11) is 1.68. The van der Waals surface area contributed by atoms with Crippen molar-refractivity contribution in [3.8, 4) is 5.69 Å². The van der Waals surface area contributed by atoms with Crippen LogP contribution in [0.3, 0.4) is 0 Å². The molecular formula is C13H15Cl2N3O. The highest BCUT2D eigenvalue weighted by molar-refractivity contribution is 6.34. The van der Waals surface area contributed by atoms with Crippen molar-refractivity contribution < 1.29 is 4.74 Å². The Morgan fingerprint density at radius 1 is 1.26 bits per heavy atom. The third-order valence-electron chi connectivity index (χ3n) is 2.55. The lowest BCUT2D eigenvalue weighted by Gasteiger charge is -2.03. The van der Waals surface area contributed by atoms with Crippen LogP contribution >= 0.6 is 23.2 Å². The highest BCUT2D eigenvalue weighted by Gasteiger charge is 2.03. The molecule has 0 radical (unpaired) electrons. The number of ether oxygens (including phenoxy) is 1. The van der Waals surface area contributed by atoms with Gasteiger partial charge in [-0.1, -0.05) is 23.2 Å². The Kier molecular flexibility index (Phi) is 5.22. The Morgan fingerprint density at radius 3 is 2.68 bits per heavy atom. The second kappa shape index (κ2) is 6.91. The summed E-state index contributed by atoms with van der Waals surface area (Å²) < 4.78 is 6.72. The van der Waals surface area contributed by atoms with Crippen molar-refractivity contribution in [3.05, 3.63) is 46.2 Å². The summed E-state index contributed by atoms with van der Waals surface area (Å²) in [5.41, 5.74) is 1.80. The van der Waals surface area contributed by atoms with Crippen LogP contribution < -0.4 is 5.32 Å². The second-order valence-electron chi connectivity index (χ2n) is 4.05. The molecule has 0 amide bonds. The largest absolute Gasteiger partial charge is 0.383 e. The van der Waals surface area contributed by atoms with Crippen LogP contribution in [-0.4, -0.2) is 30.0 Å². The lowest BCUT2D eigenvalue weighted by atomic mass is 10.3. The average molecular weight is 300 g/mol. The van der Waals surface area contributed by atoms with E-state index in [4.69, 9.17) is 27.9 Å². The van der Waals surface area contributed by atoms with Crippen molar-refractivity contribution in [2.75, 3.05) is 20.3 Å². The number of nitrogens with zero attached hydrogens (tertiary/aromatic N) is 2. The average Bonchev–Trinajstić information content (AvgIpc) is 2.82. The summed E-state index contributed by atoms with van der Waals surface area (Å²) in [6.45, 7) is 2.18. The van der Waals surface area contributed by atoms with E-state index < -0.39 is 0 Å². The first kappa shape index (κ1) is 14.3. The number of rotatable bonds is 6. The minimum Gasteiger partial charge on any atom is -0.383 e. The van der Waals surface area contributed by atoms with E-state index in [0.29, 0.717) is 23.2 Å². The summed E-state index contributed by atoms with van der Waals surface area (Å²) in [6.07, 6.45) is 1.88. The van der Waals surface area contributed by atoms with E-state index >= 15 is 0 Å². The molecule has 0 fully saturated rings. The minimum absolute atomic E-state index is 0.595. The van der Waals surface area contributed by atoms with Crippen LogP contribution in [0.15, 0.2) is 30.5 Å². The number of aromatic nitrogens is 2. The molecule has 0 aliphatic carbocycles. The van der Waals surface area contributed by atoms with Gasteiger partial charge in [-0.05, 0) is 24.3 Å². The maximum atomic E-state index is 5.97. The SMILES string of the molecule is COCCNCc1ccn(-c2cc(Cl)cc(Cl)c2)n1. The Balaban J connectivity index is 2.03. The first-order valence-electron chi connectivity index (χ1n) is 5.90. The highest BCUT2D eigenvalue weighted by Crippen LogP contribution is 2.21. The van der Waals surface area contributed by atoms with Gasteiger partial charge in [0.25, 0.3) is 0 Å². The Bertz CT molecular complexity index is 522.